The van der Waals surface area contributed by atoms with Crippen molar-refractivity contribution in [1.29, 1.82) is 0 Å². The van der Waals surface area contributed by atoms with Crippen molar-refractivity contribution in [2.75, 3.05) is 20.8 Å². The molecule has 23 heavy (non-hydrogen) atoms. The lowest BCUT2D eigenvalue weighted by Gasteiger charge is -2.05. The minimum absolute atomic E-state index is 0.00491. The standard InChI is InChI=1S/C17H16O6/c1-4-23-17(20)13-11-9-7-5-6-8-10(11)12(15(18)21-2)14(13)16(19)22-3/h5-9H,4H2,1-3H3. The zero-order chi connectivity index (χ0) is 17.0. The van der Waals surface area contributed by atoms with Crippen molar-refractivity contribution >= 4 is 17.9 Å². The average Bonchev–Trinajstić information content (AvgIpc) is 2.70. The van der Waals surface area contributed by atoms with Gasteiger partial charge in [0.2, 0.25) is 0 Å². The van der Waals surface area contributed by atoms with Crippen LogP contribution in [0.1, 0.15) is 38.0 Å². The zero-order valence-electron chi connectivity index (χ0n) is 13.0. The zero-order valence-corrected chi connectivity index (χ0v) is 13.0. The Hall–Kier alpha value is -2.89. The van der Waals surface area contributed by atoms with Gasteiger partial charge in [-0.1, -0.05) is 30.3 Å². The van der Waals surface area contributed by atoms with Crippen LogP contribution in [0.5, 0.6) is 0 Å². The number of carbonyl (C=O) groups is 3. The fourth-order valence-corrected chi connectivity index (χ4v) is 2.41. The van der Waals surface area contributed by atoms with Gasteiger partial charge in [-0.25, -0.2) is 14.4 Å². The van der Waals surface area contributed by atoms with Gasteiger partial charge in [0, 0.05) is 0 Å². The molecule has 0 spiro atoms. The lowest BCUT2D eigenvalue weighted by Crippen LogP contribution is -2.15. The van der Waals surface area contributed by atoms with Gasteiger partial charge in [-0.3, -0.25) is 0 Å². The summed E-state index contributed by atoms with van der Waals surface area (Å²) in [6.07, 6.45) is 0. The van der Waals surface area contributed by atoms with Crippen LogP contribution >= 0.6 is 0 Å². The van der Waals surface area contributed by atoms with Crippen LogP contribution in [0.15, 0.2) is 30.3 Å². The van der Waals surface area contributed by atoms with Crippen LogP contribution in [0.4, 0.5) is 0 Å². The van der Waals surface area contributed by atoms with Gasteiger partial charge in [0.25, 0.3) is 0 Å². The smallest absolute Gasteiger partial charge is 0.339 e. The summed E-state index contributed by atoms with van der Waals surface area (Å²) in [5.41, 5.74) is 0.706. The normalized spacial score (nSPS) is 10.2. The topological polar surface area (TPSA) is 78.9 Å². The molecule has 0 amide bonds. The molecule has 0 aromatic rings. The van der Waals surface area contributed by atoms with Gasteiger partial charge in [-0.2, -0.15) is 0 Å². The molecular weight excluding hydrogens is 300 g/mol. The number of methoxy groups -OCH3 is 2. The monoisotopic (exact) mass is 316 g/mol. The van der Waals surface area contributed by atoms with Crippen LogP contribution < -0.4 is 0 Å². The number of fused-ring (bicyclic) bond motifs is 1. The second-order valence-electron chi connectivity index (χ2n) is 4.57. The lowest BCUT2D eigenvalue weighted by atomic mass is 10.1. The van der Waals surface area contributed by atoms with Crippen LogP contribution in [-0.4, -0.2) is 38.7 Å². The molecule has 0 bridgehead atoms. The van der Waals surface area contributed by atoms with Crippen molar-refractivity contribution < 1.29 is 28.6 Å². The summed E-state index contributed by atoms with van der Waals surface area (Å²) in [7, 11) is 2.38. The maximum absolute atomic E-state index is 12.3. The highest BCUT2D eigenvalue weighted by Gasteiger charge is 2.35. The third-order valence-electron chi connectivity index (χ3n) is 3.34. The SMILES string of the molecule is CCOC(=O)c1c2cccccc-2c(C(=O)OC)c1C(=O)OC. The summed E-state index contributed by atoms with van der Waals surface area (Å²) in [6.45, 7) is 1.79. The molecule has 0 aromatic heterocycles. The van der Waals surface area contributed by atoms with Crippen molar-refractivity contribution in [3.63, 3.8) is 0 Å². The number of esters is 3. The molecule has 0 saturated heterocycles. The second kappa shape index (κ2) is 6.91. The molecule has 2 rings (SSSR count). The van der Waals surface area contributed by atoms with E-state index in [-0.39, 0.29) is 23.3 Å². The summed E-state index contributed by atoms with van der Waals surface area (Å²) >= 11 is 0. The first-order valence-electron chi connectivity index (χ1n) is 6.95. The van der Waals surface area contributed by atoms with Crippen LogP contribution in [0, 0.1) is 0 Å². The van der Waals surface area contributed by atoms with Crippen molar-refractivity contribution in [3.05, 3.63) is 47.0 Å². The van der Waals surface area contributed by atoms with Gasteiger partial charge < -0.3 is 14.2 Å². The number of ether oxygens (including phenoxy) is 3. The Kier molecular flexibility index (Phi) is 4.95. The Morgan fingerprint density at radius 1 is 0.783 bits per heavy atom. The van der Waals surface area contributed by atoms with Crippen LogP contribution in [0.25, 0.3) is 11.1 Å². The molecule has 120 valence electrons. The lowest BCUT2D eigenvalue weighted by molar-refractivity contribution is 0.0502. The van der Waals surface area contributed by atoms with E-state index in [9.17, 15) is 14.4 Å². The van der Waals surface area contributed by atoms with Crippen molar-refractivity contribution in [3.8, 4) is 11.1 Å². The number of carbonyl (C=O) groups excluding carboxylic acids is 3. The quantitative estimate of drug-likeness (QED) is 0.637. The third-order valence-corrected chi connectivity index (χ3v) is 3.34. The Morgan fingerprint density at radius 2 is 1.26 bits per heavy atom. The van der Waals surface area contributed by atoms with E-state index in [1.807, 2.05) is 0 Å². The average molecular weight is 316 g/mol. The van der Waals surface area contributed by atoms with Crippen molar-refractivity contribution in [1.82, 2.24) is 0 Å². The molecule has 0 aliphatic heterocycles. The first-order valence-corrected chi connectivity index (χ1v) is 6.95. The predicted molar refractivity (Wildman–Crippen MR) is 81.7 cm³/mol. The third kappa shape index (κ3) is 2.88. The van der Waals surface area contributed by atoms with E-state index >= 15 is 0 Å². The molecule has 2 aliphatic rings. The molecule has 6 nitrogen and oxygen atoms in total. The molecule has 0 fully saturated rings. The summed E-state index contributed by atoms with van der Waals surface area (Å²) < 4.78 is 14.5. The molecule has 0 saturated carbocycles. The van der Waals surface area contributed by atoms with Crippen molar-refractivity contribution in [2.45, 2.75) is 6.92 Å². The first kappa shape index (κ1) is 16.5. The highest BCUT2D eigenvalue weighted by molar-refractivity contribution is 6.19. The van der Waals surface area contributed by atoms with E-state index in [1.54, 1.807) is 37.3 Å². The molecule has 0 atom stereocenters. The molecule has 0 N–H and O–H groups in total. The van der Waals surface area contributed by atoms with E-state index in [0.717, 1.165) is 0 Å². The van der Waals surface area contributed by atoms with Gasteiger partial charge in [0.05, 0.1) is 37.5 Å². The molecule has 0 aromatic carbocycles. The Balaban J connectivity index is 2.89. The minimum atomic E-state index is -0.799. The summed E-state index contributed by atoms with van der Waals surface area (Å²) in [5, 5.41) is 0. The van der Waals surface area contributed by atoms with Gasteiger partial charge in [-0.15, -0.1) is 0 Å². The maximum atomic E-state index is 12.3. The van der Waals surface area contributed by atoms with Crippen LogP contribution in [0.2, 0.25) is 0 Å². The maximum Gasteiger partial charge on any atom is 0.339 e. The van der Waals surface area contributed by atoms with Gasteiger partial charge in [0.1, 0.15) is 0 Å². The summed E-state index contributed by atoms with van der Waals surface area (Å²) in [5.74, 6) is -2.22. The molecule has 0 unspecified atom stereocenters. The van der Waals surface area contributed by atoms with E-state index in [4.69, 9.17) is 14.2 Å². The number of hydrogen-bond acceptors (Lipinski definition) is 6. The predicted octanol–water partition coefficient (Wildman–Crippen LogP) is 2.54. The summed E-state index contributed by atoms with van der Waals surface area (Å²) in [4.78, 5) is 36.7. The van der Waals surface area contributed by atoms with E-state index < -0.39 is 17.9 Å². The number of rotatable bonds is 4. The molecule has 0 heterocycles. The highest BCUT2D eigenvalue weighted by Crippen LogP contribution is 2.37. The Labute approximate surface area is 133 Å². The Bertz CT molecular complexity index is 734. The summed E-state index contributed by atoms with van der Waals surface area (Å²) in [6, 6.07) is 8.42. The van der Waals surface area contributed by atoms with E-state index in [2.05, 4.69) is 0 Å². The number of hydrogen-bond donors (Lipinski definition) is 0. The largest absolute Gasteiger partial charge is 0.465 e. The van der Waals surface area contributed by atoms with E-state index in [1.165, 1.54) is 14.2 Å². The van der Waals surface area contributed by atoms with Crippen LogP contribution in [0.3, 0.4) is 0 Å². The molecule has 0 radical (unpaired) electrons. The van der Waals surface area contributed by atoms with Gasteiger partial charge in [0.15, 0.2) is 0 Å². The molecule has 6 heteroatoms. The van der Waals surface area contributed by atoms with E-state index in [0.29, 0.717) is 11.1 Å². The molecular formula is C17H16O6. The first-order chi connectivity index (χ1) is 11.1. The minimum Gasteiger partial charge on any atom is -0.465 e. The highest BCUT2D eigenvalue weighted by atomic mass is 16.5. The van der Waals surface area contributed by atoms with Gasteiger partial charge >= 0.3 is 17.9 Å². The van der Waals surface area contributed by atoms with Gasteiger partial charge in [-0.05, 0) is 18.1 Å². The molecule has 2 aliphatic carbocycles. The Morgan fingerprint density at radius 3 is 1.74 bits per heavy atom. The fraction of sp³-hybridized carbons (Fsp3) is 0.235. The van der Waals surface area contributed by atoms with Crippen molar-refractivity contribution in [2.24, 2.45) is 0 Å². The fourth-order valence-electron chi connectivity index (χ4n) is 2.41. The van der Waals surface area contributed by atoms with Crippen LogP contribution in [-0.2, 0) is 14.2 Å². The second-order valence-corrected chi connectivity index (χ2v) is 4.57.